The van der Waals surface area contributed by atoms with Crippen LogP contribution in [0.15, 0.2) is 49.3 Å². The highest BCUT2D eigenvalue weighted by atomic mass is 79.9. The summed E-state index contributed by atoms with van der Waals surface area (Å²) in [6, 6.07) is 5.88. The van der Waals surface area contributed by atoms with Crippen molar-refractivity contribution in [2.24, 2.45) is 0 Å². The van der Waals surface area contributed by atoms with E-state index in [4.69, 9.17) is 0 Å². The van der Waals surface area contributed by atoms with Crippen LogP contribution in [0.3, 0.4) is 0 Å². The second kappa shape index (κ2) is 14.2. The fourth-order valence-corrected chi connectivity index (χ4v) is 2.44. The number of halogens is 3. The van der Waals surface area contributed by atoms with Gasteiger partial charge < -0.3 is 9.47 Å². The Balaban J connectivity index is 0.000000203. The molecule has 0 unspecified atom stereocenters. The first kappa shape index (κ1) is 27.1. The number of nitrogens with one attached hydrogen (secondary N) is 1. The van der Waals surface area contributed by atoms with Crippen LogP contribution < -0.4 is 0 Å². The van der Waals surface area contributed by atoms with Crippen molar-refractivity contribution in [3.8, 4) is 0 Å². The number of aromatic nitrogens is 8. The highest BCUT2D eigenvalue weighted by Crippen LogP contribution is 2.02. The van der Waals surface area contributed by atoms with E-state index in [2.05, 4.69) is 60.6 Å². The number of nitrogens with zero attached hydrogens (tertiary/aromatic N) is 7. The quantitative estimate of drug-likeness (QED) is 0.288. The van der Waals surface area contributed by atoms with Crippen LogP contribution in [-0.4, -0.2) is 66.1 Å². The van der Waals surface area contributed by atoms with Gasteiger partial charge in [-0.15, -0.1) is 5.10 Å². The number of rotatable bonds is 5. The molecule has 0 aliphatic heterocycles. The number of ether oxygens (including phenoxy) is 2. The molecule has 4 aromatic heterocycles. The summed E-state index contributed by atoms with van der Waals surface area (Å²) in [6.45, 7) is 0.310. The molecule has 0 aliphatic carbocycles. The van der Waals surface area contributed by atoms with Gasteiger partial charge in [0.2, 0.25) is 5.82 Å². The van der Waals surface area contributed by atoms with Crippen LogP contribution in [0.1, 0.15) is 32.6 Å². The molecule has 0 saturated heterocycles. The minimum Gasteiger partial charge on any atom is -0.463 e. The van der Waals surface area contributed by atoms with Crippen molar-refractivity contribution in [1.82, 2.24) is 39.9 Å². The molecule has 0 aliphatic rings. The van der Waals surface area contributed by atoms with E-state index in [0.717, 1.165) is 11.9 Å². The molecule has 0 spiro atoms. The van der Waals surface area contributed by atoms with Crippen LogP contribution >= 0.6 is 15.9 Å². The average molecular weight is 553 g/mol. The Morgan fingerprint density at radius 3 is 2.06 bits per heavy atom. The number of methoxy groups -OCH3 is 2. The molecular formula is C20H19BrF2N8O4. The Bertz CT molecular complexity index is 1190. The monoisotopic (exact) mass is 552 g/mol. The van der Waals surface area contributed by atoms with E-state index in [1.165, 1.54) is 56.0 Å². The normalized spacial score (nSPS) is 9.74. The maximum atomic E-state index is 12.6. The largest absolute Gasteiger partial charge is 0.463 e. The van der Waals surface area contributed by atoms with Gasteiger partial charge in [-0.25, -0.2) is 33.0 Å². The van der Waals surface area contributed by atoms with Crippen LogP contribution in [-0.2, 0) is 21.3 Å². The molecule has 0 saturated carbocycles. The fourth-order valence-electron chi connectivity index (χ4n) is 2.11. The fraction of sp³-hybridized carbons (Fsp3) is 0.200. The van der Waals surface area contributed by atoms with Crippen molar-refractivity contribution in [3.63, 3.8) is 0 Å². The lowest BCUT2D eigenvalue weighted by Gasteiger charge is -1.99. The van der Waals surface area contributed by atoms with Crippen LogP contribution in [0.5, 0.6) is 0 Å². The van der Waals surface area contributed by atoms with Gasteiger partial charge in [-0.05, 0) is 24.3 Å². The molecule has 0 amide bonds. The Hall–Kier alpha value is -4.14. The summed E-state index contributed by atoms with van der Waals surface area (Å²) in [5, 5.41) is 10.4. The van der Waals surface area contributed by atoms with Crippen LogP contribution in [0.25, 0.3) is 0 Å². The highest BCUT2D eigenvalue weighted by molar-refractivity contribution is 9.08. The molecule has 0 bridgehead atoms. The van der Waals surface area contributed by atoms with E-state index in [-0.39, 0.29) is 17.5 Å². The summed E-state index contributed by atoms with van der Waals surface area (Å²) in [7, 11) is 2.54. The number of H-pyrrole nitrogens is 1. The standard InChI is InChI=1S/C10H9FN4O2.C6H5BrFN.C4H5N3O2/c1-17-10(16)9-13-6-15(14-9)5-8-3-2-7(11)4-12-8;7-3-6-2-1-5(8)4-9-6;1-9-4(8)3-5-2-6-7-3/h2-4,6H,5H2,1H3;1-2,4H,3H2;2H,1H3,(H,5,6,7). The van der Waals surface area contributed by atoms with Gasteiger partial charge in [0.05, 0.1) is 44.5 Å². The van der Waals surface area contributed by atoms with E-state index in [1.54, 1.807) is 6.07 Å². The Morgan fingerprint density at radius 2 is 1.57 bits per heavy atom. The first-order chi connectivity index (χ1) is 16.9. The lowest BCUT2D eigenvalue weighted by atomic mass is 10.3. The van der Waals surface area contributed by atoms with Gasteiger partial charge in [-0.1, -0.05) is 15.9 Å². The molecule has 4 rings (SSSR count). The van der Waals surface area contributed by atoms with Crippen molar-refractivity contribution in [1.29, 1.82) is 0 Å². The van der Waals surface area contributed by atoms with Gasteiger partial charge in [-0.2, -0.15) is 5.10 Å². The van der Waals surface area contributed by atoms with Gasteiger partial charge in [0.25, 0.3) is 5.82 Å². The predicted octanol–water partition coefficient (Wildman–Crippen LogP) is 2.35. The number of pyridine rings is 2. The second-order valence-electron chi connectivity index (χ2n) is 6.15. The molecule has 1 N–H and O–H groups in total. The smallest absolute Gasteiger partial charge is 0.377 e. The van der Waals surface area contributed by atoms with E-state index in [9.17, 15) is 18.4 Å². The van der Waals surface area contributed by atoms with E-state index < -0.39 is 17.8 Å². The maximum Gasteiger partial charge on any atom is 0.377 e. The Labute approximate surface area is 205 Å². The minimum atomic E-state index is -0.601. The maximum absolute atomic E-state index is 12.6. The number of hydrogen-bond donors (Lipinski definition) is 1. The van der Waals surface area contributed by atoms with Crippen molar-refractivity contribution < 1.29 is 27.8 Å². The van der Waals surface area contributed by atoms with Gasteiger partial charge in [0.1, 0.15) is 24.3 Å². The zero-order chi connectivity index (χ0) is 25.6. The summed E-state index contributed by atoms with van der Waals surface area (Å²) in [5.74, 6) is -1.70. The average Bonchev–Trinajstić information content (AvgIpc) is 3.59. The number of alkyl halides is 1. The molecule has 184 valence electrons. The van der Waals surface area contributed by atoms with Gasteiger partial charge in [-0.3, -0.25) is 15.1 Å². The third-order valence-electron chi connectivity index (χ3n) is 3.74. The number of aromatic amines is 1. The molecule has 0 radical (unpaired) electrons. The van der Waals surface area contributed by atoms with Crippen molar-refractivity contribution >= 4 is 27.9 Å². The van der Waals surface area contributed by atoms with E-state index in [1.807, 2.05) is 0 Å². The summed E-state index contributed by atoms with van der Waals surface area (Å²) in [6.07, 6.45) is 4.95. The molecule has 4 aromatic rings. The first-order valence-corrected chi connectivity index (χ1v) is 10.7. The number of carbonyl (C=O) groups excluding carboxylic acids is 2. The molecule has 0 aromatic carbocycles. The van der Waals surface area contributed by atoms with E-state index >= 15 is 0 Å². The third kappa shape index (κ3) is 9.32. The molecule has 35 heavy (non-hydrogen) atoms. The van der Waals surface area contributed by atoms with Gasteiger partial charge in [0, 0.05) is 5.33 Å². The summed E-state index contributed by atoms with van der Waals surface area (Å²) in [4.78, 5) is 36.6. The highest BCUT2D eigenvalue weighted by Gasteiger charge is 2.11. The van der Waals surface area contributed by atoms with Crippen molar-refractivity contribution in [2.75, 3.05) is 14.2 Å². The SMILES string of the molecule is COC(=O)c1ncn(Cc2ccc(F)cn2)n1.COC(=O)c1ncn[nH]1.Fc1ccc(CBr)nc1. The van der Waals surface area contributed by atoms with Crippen molar-refractivity contribution in [2.45, 2.75) is 11.9 Å². The molecule has 0 fully saturated rings. The molecule has 15 heteroatoms. The number of esters is 2. The predicted molar refractivity (Wildman–Crippen MR) is 119 cm³/mol. The molecule has 0 atom stereocenters. The van der Waals surface area contributed by atoms with Crippen LogP contribution in [0.2, 0.25) is 0 Å². The van der Waals surface area contributed by atoms with Gasteiger partial charge >= 0.3 is 11.9 Å². The third-order valence-corrected chi connectivity index (χ3v) is 4.31. The number of hydrogen-bond acceptors (Lipinski definition) is 10. The lowest BCUT2D eigenvalue weighted by molar-refractivity contribution is 0.0578. The first-order valence-electron chi connectivity index (χ1n) is 9.54. The molecule has 12 nitrogen and oxygen atoms in total. The van der Waals surface area contributed by atoms with E-state index in [0.29, 0.717) is 17.6 Å². The Kier molecular flexibility index (Phi) is 11.0. The van der Waals surface area contributed by atoms with Crippen LogP contribution in [0, 0.1) is 11.6 Å². The number of carbonyl (C=O) groups is 2. The zero-order valence-corrected chi connectivity index (χ0v) is 20.0. The molecule has 4 heterocycles. The van der Waals surface area contributed by atoms with Gasteiger partial charge in [0.15, 0.2) is 0 Å². The summed E-state index contributed by atoms with van der Waals surface area (Å²) in [5.41, 5.74) is 1.46. The second-order valence-corrected chi connectivity index (χ2v) is 6.71. The minimum absolute atomic E-state index is 0.0189. The zero-order valence-electron chi connectivity index (χ0n) is 18.4. The lowest BCUT2D eigenvalue weighted by Crippen LogP contribution is -2.07. The molecular weight excluding hydrogens is 534 g/mol. The topological polar surface area (TPSA) is 151 Å². The summed E-state index contributed by atoms with van der Waals surface area (Å²) < 4.78 is 35.0. The Morgan fingerprint density at radius 1 is 0.943 bits per heavy atom. The summed E-state index contributed by atoms with van der Waals surface area (Å²) >= 11 is 3.20. The van der Waals surface area contributed by atoms with Crippen LogP contribution in [0.4, 0.5) is 8.78 Å². The van der Waals surface area contributed by atoms with Crippen molar-refractivity contribution in [3.05, 3.63) is 84.0 Å².